The Morgan fingerprint density at radius 1 is 1.25 bits per heavy atom. The SMILES string of the molecule is COS(=O)(=O)O.Cc1cc(C=C2C(=O)C3(C)CCC2C3(C)C)ccc1N(C)C. The van der Waals surface area contributed by atoms with Gasteiger partial charge in [0, 0.05) is 25.2 Å². The third-order valence-corrected chi connectivity index (χ3v) is 7.02. The number of anilines is 1. The lowest BCUT2D eigenvalue weighted by Gasteiger charge is -2.31. The van der Waals surface area contributed by atoms with Crippen molar-refractivity contribution < 1.29 is 21.9 Å². The zero-order valence-corrected chi connectivity index (χ0v) is 18.6. The predicted octanol–water partition coefficient (Wildman–Crippen LogP) is 3.91. The van der Waals surface area contributed by atoms with E-state index >= 15 is 0 Å². The Morgan fingerprint density at radius 3 is 2.21 bits per heavy atom. The third kappa shape index (κ3) is 4.02. The van der Waals surface area contributed by atoms with E-state index in [1.165, 1.54) is 11.3 Å². The van der Waals surface area contributed by atoms with Crippen molar-refractivity contribution in [2.45, 2.75) is 40.5 Å². The van der Waals surface area contributed by atoms with Crippen LogP contribution in [0.5, 0.6) is 0 Å². The summed E-state index contributed by atoms with van der Waals surface area (Å²) in [5, 5.41) is 0. The summed E-state index contributed by atoms with van der Waals surface area (Å²) in [6.07, 6.45) is 4.33. The molecule has 1 aromatic carbocycles. The molecule has 2 atom stereocenters. The first-order chi connectivity index (χ1) is 12.7. The minimum absolute atomic E-state index is 0.0918. The van der Waals surface area contributed by atoms with Gasteiger partial charge in [0.2, 0.25) is 0 Å². The van der Waals surface area contributed by atoms with Crippen molar-refractivity contribution in [3.05, 3.63) is 34.9 Å². The molecule has 0 aliphatic heterocycles. The van der Waals surface area contributed by atoms with Crippen LogP contribution in [-0.2, 0) is 19.4 Å². The van der Waals surface area contributed by atoms with E-state index in [-0.39, 0.29) is 10.8 Å². The highest BCUT2D eigenvalue weighted by atomic mass is 32.3. The maximum Gasteiger partial charge on any atom is 0.397 e. The van der Waals surface area contributed by atoms with Gasteiger partial charge >= 0.3 is 10.4 Å². The molecule has 6 nitrogen and oxygen atoms in total. The van der Waals surface area contributed by atoms with Gasteiger partial charge in [-0.1, -0.05) is 26.8 Å². The molecule has 2 fully saturated rings. The first-order valence-corrected chi connectivity index (χ1v) is 10.7. The number of benzene rings is 1. The van der Waals surface area contributed by atoms with Crippen molar-refractivity contribution >= 4 is 27.9 Å². The molecule has 2 aliphatic rings. The number of Topliss-reactive ketones (excluding diaryl/α,β-unsaturated/α-hetero) is 1. The van der Waals surface area contributed by atoms with Gasteiger partial charge in [0.25, 0.3) is 0 Å². The van der Waals surface area contributed by atoms with Gasteiger partial charge < -0.3 is 4.90 Å². The number of ketones is 1. The molecular weight excluding hydrogens is 378 g/mol. The first-order valence-electron chi connectivity index (χ1n) is 9.32. The van der Waals surface area contributed by atoms with E-state index in [1.807, 2.05) is 0 Å². The molecule has 0 aromatic heterocycles. The number of hydrogen-bond acceptors (Lipinski definition) is 5. The summed E-state index contributed by atoms with van der Waals surface area (Å²) >= 11 is 0. The zero-order valence-electron chi connectivity index (χ0n) is 17.7. The van der Waals surface area contributed by atoms with Crippen molar-refractivity contribution in [1.82, 2.24) is 0 Å². The molecule has 2 bridgehead atoms. The van der Waals surface area contributed by atoms with Crippen LogP contribution in [0.2, 0.25) is 0 Å². The number of fused-ring (bicyclic) bond motifs is 2. The molecule has 2 aliphatic carbocycles. The van der Waals surface area contributed by atoms with Crippen LogP contribution in [0.3, 0.4) is 0 Å². The fourth-order valence-corrected chi connectivity index (χ4v) is 4.54. The Kier molecular flexibility index (Phi) is 6.14. The molecule has 28 heavy (non-hydrogen) atoms. The van der Waals surface area contributed by atoms with Crippen LogP contribution in [0.15, 0.2) is 23.8 Å². The number of carbonyl (C=O) groups excluding carboxylic acids is 1. The number of allylic oxidation sites excluding steroid dienone is 1. The summed E-state index contributed by atoms with van der Waals surface area (Å²) in [5.41, 5.74) is 4.61. The molecule has 1 aromatic rings. The monoisotopic (exact) mass is 409 g/mol. The smallest absolute Gasteiger partial charge is 0.377 e. The van der Waals surface area contributed by atoms with Gasteiger partial charge in [-0.15, -0.1) is 0 Å². The summed E-state index contributed by atoms with van der Waals surface area (Å²) in [4.78, 5) is 15.0. The van der Waals surface area contributed by atoms with Gasteiger partial charge in [0.1, 0.15) is 0 Å². The topological polar surface area (TPSA) is 83.9 Å². The van der Waals surface area contributed by atoms with Crippen molar-refractivity contribution in [3.8, 4) is 0 Å². The van der Waals surface area contributed by atoms with E-state index in [0.717, 1.165) is 31.1 Å². The van der Waals surface area contributed by atoms with Crippen LogP contribution in [0.1, 0.15) is 44.7 Å². The fraction of sp³-hybridized carbons (Fsp3) is 0.571. The maximum absolute atomic E-state index is 12.9. The summed E-state index contributed by atoms with van der Waals surface area (Å²) in [7, 11) is 0.826. The number of rotatable bonds is 3. The molecule has 156 valence electrons. The lowest BCUT2D eigenvalue weighted by molar-refractivity contribution is -0.125. The normalized spacial score (nSPS) is 26.9. The number of aryl methyl sites for hydroxylation is 1. The van der Waals surface area contributed by atoms with Crippen molar-refractivity contribution in [1.29, 1.82) is 0 Å². The van der Waals surface area contributed by atoms with Gasteiger partial charge in [-0.3, -0.25) is 13.5 Å². The van der Waals surface area contributed by atoms with Gasteiger partial charge in [-0.05, 0) is 66.0 Å². The van der Waals surface area contributed by atoms with Crippen LogP contribution in [0.4, 0.5) is 5.69 Å². The molecular formula is C21H31NO5S. The van der Waals surface area contributed by atoms with Crippen LogP contribution in [0, 0.1) is 23.7 Å². The summed E-state index contributed by atoms with van der Waals surface area (Å²) in [6.45, 7) is 8.83. The average molecular weight is 410 g/mol. The van der Waals surface area contributed by atoms with Crippen LogP contribution in [0.25, 0.3) is 6.08 Å². The summed E-state index contributed by atoms with van der Waals surface area (Å²) in [6, 6.07) is 6.47. The Hall–Kier alpha value is -1.70. The lowest BCUT2D eigenvalue weighted by Crippen LogP contribution is -2.32. The highest BCUT2D eigenvalue weighted by molar-refractivity contribution is 7.80. The predicted molar refractivity (Wildman–Crippen MR) is 112 cm³/mol. The highest BCUT2D eigenvalue weighted by Crippen LogP contribution is 2.65. The van der Waals surface area contributed by atoms with Crippen molar-refractivity contribution in [2.24, 2.45) is 16.7 Å². The first kappa shape index (κ1) is 22.6. The van der Waals surface area contributed by atoms with Crippen LogP contribution >= 0.6 is 0 Å². The molecule has 1 N–H and O–H groups in total. The second kappa shape index (κ2) is 7.61. The molecule has 0 amide bonds. The van der Waals surface area contributed by atoms with E-state index in [1.54, 1.807) is 0 Å². The van der Waals surface area contributed by atoms with E-state index < -0.39 is 10.4 Å². The minimum atomic E-state index is -4.16. The quantitative estimate of drug-likeness (QED) is 0.602. The Bertz CT molecular complexity index is 901. The third-order valence-electron chi connectivity index (χ3n) is 6.60. The number of nitrogens with zero attached hydrogens (tertiary/aromatic N) is 1. The molecule has 0 spiro atoms. The molecule has 3 rings (SSSR count). The Labute approximate surface area is 168 Å². The average Bonchev–Trinajstić information content (AvgIpc) is 2.88. The van der Waals surface area contributed by atoms with Gasteiger partial charge in [0.15, 0.2) is 5.78 Å². The molecule has 7 heteroatoms. The molecule has 2 unspecified atom stereocenters. The highest BCUT2D eigenvalue weighted by Gasteiger charge is 2.63. The molecule has 0 saturated heterocycles. The molecule has 0 heterocycles. The van der Waals surface area contributed by atoms with E-state index in [2.05, 4.69) is 75.1 Å². The van der Waals surface area contributed by atoms with E-state index in [4.69, 9.17) is 4.55 Å². The second-order valence-corrected chi connectivity index (χ2v) is 9.80. The van der Waals surface area contributed by atoms with Gasteiger partial charge in [-0.25, -0.2) is 0 Å². The molecule has 0 radical (unpaired) electrons. The van der Waals surface area contributed by atoms with E-state index in [0.29, 0.717) is 11.7 Å². The number of carbonyl (C=O) groups is 1. The summed E-state index contributed by atoms with van der Waals surface area (Å²) < 4.78 is 29.7. The largest absolute Gasteiger partial charge is 0.397 e. The Morgan fingerprint density at radius 2 is 1.82 bits per heavy atom. The van der Waals surface area contributed by atoms with Crippen LogP contribution < -0.4 is 4.90 Å². The standard InChI is InChI=1S/C20H27NO.CH4O4S/c1-13-11-14(7-8-17(13)21(5)6)12-15-16-9-10-20(4,18(15)22)19(16,2)3;1-5-6(2,3)4/h7-8,11-12,16H,9-10H2,1-6H3;1H3,(H,2,3,4). The second-order valence-electron chi connectivity index (χ2n) is 8.61. The minimum Gasteiger partial charge on any atom is -0.377 e. The summed E-state index contributed by atoms with van der Waals surface area (Å²) in [5.74, 6) is 0.793. The fourth-order valence-electron chi connectivity index (χ4n) is 4.54. The Balaban J connectivity index is 0.000000409. The number of hydrogen-bond donors (Lipinski definition) is 1. The maximum atomic E-state index is 12.9. The zero-order chi connectivity index (χ0) is 21.5. The molecule has 2 saturated carbocycles. The van der Waals surface area contributed by atoms with E-state index in [9.17, 15) is 13.2 Å². The van der Waals surface area contributed by atoms with Gasteiger partial charge in [-0.2, -0.15) is 8.42 Å². The lowest BCUT2D eigenvalue weighted by atomic mass is 9.70. The van der Waals surface area contributed by atoms with Gasteiger partial charge in [0.05, 0.1) is 7.11 Å². The van der Waals surface area contributed by atoms with Crippen LogP contribution in [-0.4, -0.2) is 40.0 Å². The van der Waals surface area contributed by atoms with Crippen molar-refractivity contribution in [2.75, 3.05) is 26.1 Å². The van der Waals surface area contributed by atoms with Crippen molar-refractivity contribution in [3.63, 3.8) is 0 Å².